The highest BCUT2D eigenvalue weighted by atomic mass is 16.7. The smallest absolute Gasteiger partial charge is 0.231 e. The lowest BCUT2D eigenvalue weighted by atomic mass is 9.72. The van der Waals surface area contributed by atoms with Gasteiger partial charge in [-0.3, -0.25) is 4.79 Å². The van der Waals surface area contributed by atoms with Gasteiger partial charge in [0.2, 0.25) is 18.3 Å². The Morgan fingerprint density at radius 1 is 1.03 bits per heavy atom. The fourth-order valence-electron chi connectivity index (χ4n) is 4.27. The van der Waals surface area contributed by atoms with Crippen molar-refractivity contribution in [2.45, 2.75) is 25.6 Å². The van der Waals surface area contributed by atoms with Crippen LogP contribution in [0.3, 0.4) is 0 Å². The van der Waals surface area contributed by atoms with E-state index in [1.807, 2.05) is 6.07 Å². The second-order valence-corrected chi connectivity index (χ2v) is 7.41. The molecule has 8 nitrogen and oxygen atoms in total. The van der Waals surface area contributed by atoms with Gasteiger partial charge in [-0.2, -0.15) is 0 Å². The number of benzene rings is 2. The second kappa shape index (κ2) is 7.28. The number of fused-ring (bicyclic) bond motifs is 2. The van der Waals surface area contributed by atoms with E-state index in [1.54, 1.807) is 25.1 Å². The minimum absolute atomic E-state index is 0.112. The molecule has 2 aromatic rings. The quantitative estimate of drug-likeness (QED) is 0.794. The molecule has 0 saturated heterocycles. The van der Waals surface area contributed by atoms with Crippen LogP contribution in [0.1, 0.15) is 30.9 Å². The van der Waals surface area contributed by atoms with Gasteiger partial charge >= 0.3 is 0 Å². The number of carbonyl (C=O) groups excluding carboxylic acids is 1. The van der Waals surface area contributed by atoms with Crippen LogP contribution in [-0.2, 0) is 9.53 Å². The normalized spacial score (nSPS) is 24.0. The van der Waals surface area contributed by atoms with Gasteiger partial charge in [-0.25, -0.2) is 0 Å². The van der Waals surface area contributed by atoms with Crippen LogP contribution in [0.5, 0.6) is 34.5 Å². The van der Waals surface area contributed by atoms with Crippen LogP contribution in [0.15, 0.2) is 24.3 Å². The van der Waals surface area contributed by atoms with Gasteiger partial charge in [-0.15, -0.1) is 0 Å². The van der Waals surface area contributed by atoms with Crippen molar-refractivity contribution < 1.29 is 38.3 Å². The first-order valence-corrected chi connectivity index (χ1v) is 9.46. The van der Waals surface area contributed by atoms with Gasteiger partial charge in [-0.05, 0) is 30.7 Å². The van der Waals surface area contributed by atoms with Gasteiger partial charge in [0.1, 0.15) is 11.5 Å². The van der Waals surface area contributed by atoms with Crippen LogP contribution in [-0.4, -0.2) is 44.8 Å². The number of Topliss-reactive ketones (excluding diaryl/α,β-unsaturated/α-hetero) is 1. The third-order valence-electron chi connectivity index (χ3n) is 5.76. The molecule has 8 heteroatoms. The monoisotopic (exact) mass is 416 g/mol. The highest BCUT2D eigenvalue weighted by Crippen LogP contribution is 2.54. The number of phenols is 1. The Morgan fingerprint density at radius 2 is 1.63 bits per heavy atom. The summed E-state index contributed by atoms with van der Waals surface area (Å²) in [6.07, 6.45) is 0. The molecule has 0 unspecified atom stereocenters. The van der Waals surface area contributed by atoms with E-state index in [0.29, 0.717) is 22.8 Å². The van der Waals surface area contributed by atoms with Gasteiger partial charge in [0.15, 0.2) is 23.0 Å². The summed E-state index contributed by atoms with van der Waals surface area (Å²) < 4.78 is 33.6. The van der Waals surface area contributed by atoms with Crippen LogP contribution in [0.4, 0.5) is 0 Å². The summed E-state index contributed by atoms with van der Waals surface area (Å²) >= 11 is 0. The first-order chi connectivity index (χ1) is 14.3. The third-order valence-corrected chi connectivity index (χ3v) is 5.76. The number of ether oxygens (including phenoxy) is 6. The van der Waals surface area contributed by atoms with Crippen LogP contribution in [0.2, 0.25) is 0 Å². The molecular formula is C22H24O8. The topological polar surface area (TPSA) is 92.7 Å². The van der Waals surface area contributed by atoms with Crippen molar-refractivity contribution >= 4 is 5.78 Å². The van der Waals surface area contributed by atoms with Crippen LogP contribution in [0, 0.1) is 5.92 Å². The number of carbonyl (C=O) groups is 1. The molecule has 0 aliphatic carbocycles. The number of phenolic OH excluding ortho intramolecular Hbond substituents is 1. The summed E-state index contributed by atoms with van der Waals surface area (Å²) in [7, 11) is 4.41. The molecule has 30 heavy (non-hydrogen) atoms. The van der Waals surface area contributed by atoms with Crippen molar-refractivity contribution in [3.8, 4) is 34.5 Å². The SMILES string of the molecule is COc1cc([C@@H]2c3cc4c(cc3O[C@@](C)(OC)[C@@H]2C(C)=O)OCO4)cc(OC)c1O. The van der Waals surface area contributed by atoms with E-state index in [1.165, 1.54) is 28.3 Å². The van der Waals surface area contributed by atoms with Crippen LogP contribution >= 0.6 is 0 Å². The van der Waals surface area contributed by atoms with E-state index >= 15 is 0 Å². The van der Waals surface area contributed by atoms with Gasteiger partial charge < -0.3 is 33.5 Å². The van der Waals surface area contributed by atoms with E-state index < -0.39 is 17.6 Å². The lowest BCUT2D eigenvalue weighted by molar-refractivity contribution is -0.199. The first kappa shape index (κ1) is 20.2. The summed E-state index contributed by atoms with van der Waals surface area (Å²) in [4.78, 5) is 12.8. The van der Waals surface area contributed by atoms with Gasteiger partial charge in [0.05, 0.1) is 20.1 Å². The minimum atomic E-state index is -1.23. The predicted molar refractivity (Wildman–Crippen MR) is 106 cm³/mol. The van der Waals surface area contributed by atoms with Crippen molar-refractivity contribution in [3.63, 3.8) is 0 Å². The van der Waals surface area contributed by atoms with E-state index in [9.17, 15) is 9.90 Å². The molecule has 0 fully saturated rings. The third kappa shape index (κ3) is 2.99. The Hall–Kier alpha value is -3.13. The summed E-state index contributed by atoms with van der Waals surface area (Å²) in [6, 6.07) is 6.94. The average Bonchev–Trinajstić information content (AvgIpc) is 3.18. The van der Waals surface area contributed by atoms with Crippen LogP contribution < -0.4 is 23.7 Å². The molecule has 0 saturated carbocycles. The maximum absolute atomic E-state index is 12.8. The molecule has 2 aliphatic rings. The highest BCUT2D eigenvalue weighted by Gasteiger charge is 2.51. The zero-order valence-corrected chi connectivity index (χ0v) is 17.5. The van der Waals surface area contributed by atoms with E-state index in [4.69, 9.17) is 28.4 Å². The first-order valence-electron chi connectivity index (χ1n) is 9.46. The number of rotatable bonds is 5. The predicted octanol–water partition coefficient (Wildman–Crippen LogP) is 3.23. The number of hydrogen-bond acceptors (Lipinski definition) is 8. The Bertz CT molecular complexity index is 976. The molecule has 0 amide bonds. The summed E-state index contributed by atoms with van der Waals surface area (Å²) in [5.41, 5.74) is 1.44. The van der Waals surface area contributed by atoms with Crippen molar-refractivity contribution in [2.75, 3.05) is 28.1 Å². The lowest BCUT2D eigenvalue weighted by Gasteiger charge is -2.44. The summed E-state index contributed by atoms with van der Waals surface area (Å²) in [5, 5.41) is 10.4. The maximum atomic E-state index is 12.8. The van der Waals surface area contributed by atoms with Crippen molar-refractivity contribution in [2.24, 2.45) is 5.92 Å². The molecule has 4 rings (SSSR count). The minimum Gasteiger partial charge on any atom is -0.502 e. The molecule has 0 bridgehead atoms. The number of hydrogen-bond donors (Lipinski definition) is 1. The summed E-state index contributed by atoms with van der Waals surface area (Å²) in [6.45, 7) is 3.35. The Kier molecular flexibility index (Phi) is 4.89. The number of methoxy groups -OCH3 is 3. The Labute approximate surface area is 174 Å². The molecule has 2 aromatic carbocycles. The Balaban J connectivity index is 1.99. The molecule has 0 spiro atoms. The highest BCUT2D eigenvalue weighted by molar-refractivity contribution is 5.82. The standard InChI is InChI=1S/C22H24O8/c1-11(23)20-19(12-6-17(25-3)21(24)18(7-12)26-4)13-8-15-16(29-10-28-15)9-14(13)30-22(20,2)27-5/h6-9,19-20,24H,10H2,1-5H3/t19-,20-,22-/m1/s1. The Morgan fingerprint density at radius 3 is 2.17 bits per heavy atom. The molecule has 0 radical (unpaired) electrons. The van der Waals surface area contributed by atoms with Crippen molar-refractivity contribution in [3.05, 3.63) is 35.4 Å². The van der Waals surface area contributed by atoms with Gasteiger partial charge in [-0.1, -0.05) is 0 Å². The molecule has 1 N–H and O–H groups in total. The van der Waals surface area contributed by atoms with Gasteiger partial charge in [0, 0.05) is 31.6 Å². The zero-order valence-electron chi connectivity index (χ0n) is 17.5. The van der Waals surface area contributed by atoms with E-state index in [-0.39, 0.29) is 29.8 Å². The van der Waals surface area contributed by atoms with E-state index in [0.717, 1.165) is 5.56 Å². The lowest BCUT2D eigenvalue weighted by Crippen LogP contribution is -2.51. The fraction of sp³-hybridized carbons (Fsp3) is 0.409. The molecule has 0 aromatic heterocycles. The molecule has 2 aliphatic heterocycles. The number of ketones is 1. The summed E-state index contributed by atoms with van der Waals surface area (Å²) in [5.74, 6) is -0.486. The van der Waals surface area contributed by atoms with E-state index in [2.05, 4.69) is 0 Å². The molecule has 3 atom stereocenters. The van der Waals surface area contributed by atoms with Crippen LogP contribution in [0.25, 0.3) is 0 Å². The van der Waals surface area contributed by atoms with Crippen molar-refractivity contribution in [1.82, 2.24) is 0 Å². The molecular weight excluding hydrogens is 392 g/mol. The molecule has 2 heterocycles. The number of aromatic hydroxyl groups is 1. The molecule has 160 valence electrons. The average molecular weight is 416 g/mol. The van der Waals surface area contributed by atoms with Gasteiger partial charge in [0.25, 0.3) is 0 Å². The largest absolute Gasteiger partial charge is 0.502 e. The second-order valence-electron chi connectivity index (χ2n) is 7.41. The maximum Gasteiger partial charge on any atom is 0.231 e. The fourth-order valence-corrected chi connectivity index (χ4v) is 4.27. The zero-order chi connectivity index (χ0) is 21.6. The van der Waals surface area contributed by atoms with Crippen molar-refractivity contribution in [1.29, 1.82) is 0 Å².